The minimum Gasteiger partial charge on any atom is -0.325 e. The molecule has 0 atom stereocenters. The molecule has 0 spiro atoms. The average Bonchev–Trinajstić information content (AvgIpc) is 3.13. The van der Waals surface area contributed by atoms with Crippen molar-refractivity contribution < 1.29 is 4.79 Å². The number of carbonyl (C=O) groups excluding carboxylic acids is 1. The molecular formula is C21H20N6OS. The van der Waals surface area contributed by atoms with Crippen molar-refractivity contribution in [2.24, 2.45) is 0 Å². The summed E-state index contributed by atoms with van der Waals surface area (Å²) in [6.45, 7) is 4.55. The van der Waals surface area contributed by atoms with Crippen LogP contribution in [0.3, 0.4) is 0 Å². The fraction of sp³-hybridized carbons (Fsp3) is 0.190. The van der Waals surface area contributed by atoms with Crippen LogP contribution in [0.4, 0.5) is 5.69 Å². The van der Waals surface area contributed by atoms with Gasteiger partial charge in [0.1, 0.15) is 11.4 Å². The molecule has 0 saturated heterocycles. The molecule has 0 aliphatic rings. The van der Waals surface area contributed by atoms with Gasteiger partial charge in [0.25, 0.3) is 0 Å². The summed E-state index contributed by atoms with van der Waals surface area (Å²) < 4.78 is 1.74. The first-order chi connectivity index (χ1) is 14.1. The Kier molecular flexibility index (Phi) is 5.53. The topological polar surface area (TPSA) is 85.6 Å². The number of carbonyl (C=O) groups is 1. The summed E-state index contributed by atoms with van der Waals surface area (Å²) in [5.74, 6) is 0.137. The van der Waals surface area contributed by atoms with Crippen LogP contribution in [0.25, 0.3) is 11.2 Å². The van der Waals surface area contributed by atoms with E-state index in [1.165, 1.54) is 18.1 Å². The zero-order chi connectivity index (χ0) is 20.2. The highest BCUT2D eigenvalue weighted by molar-refractivity contribution is 8.00. The van der Waals surface area contributed by atoms with Gasteiger partial charge in [0.15, 0.2) is 11.2 Å². The molecule has 1 amide bonds. The minimum atomic E-state index is -0.0906. The molecule has 4 aromatic rings. The molecule has 2 heterocycles. The molecule has 0 bridgehead atoms. The van der Waals surface area contributed by atoms with Crippen LogP contribution in [0, 0.1) is 13.8 Å². The maximum Gasteiger partial charge on any atom is 0.234 e. The Labute approximate surface area is 172 Å². The lowest BCUT2D eigenvalue weighted by molar-refractivity contribution is -0.113. The van der Waals surface area contributed by atoms with Gasteiger partial charge in [-0.2, -0.15) is 0 Å². The number of nitrogens with zero attached hydrogens (tertiary/aromatic N) is 5. The molecule has 0 aliphatic carbocycles. The van der Waals surface area contributed by atoms with Gasteiger partial charge in [0, 0.05) is 5.69 Å². The number of hydrogen-bond donors (Lipinski definition) is 1. The number of amides is 1. The second-order valence-electron chi connectivity index (χ2n) is 6.74. The van der Waals surface area contributed by atoms with Gasteiger partial charge in [-0.05, 0) is 36.6 Å². The molecule has 0 aliphatic heterocycles. The third-order valence-corrected chi connectivity index (χ3v) is 5.43. The monoisotopic (exact) mass is 404 g/mol. The highest BCUT2D eigenvalue weighted by Crippen LogP contribution is 2.23. The van der Waals surface area contributed by atoms with Crippen molar-refractivity contribution in [2.45, 2.75) is 25.4 Å². The molecule has 29 heavy (non-hydrogen) atoms. The van der Waals surface area contributed by atoms with E-state index in [0.717, 1.165) is 22.4 Å². The van der Waals surface area contributed by atoms with Gasteiger partial charge in [0.05, 0.1) is 12.3 Å². The summed E-state index contributed by atoms with van der Waals surface area (Å²) in [4.78, 5) is 21.0. The molecular weight excluding hydrogens is 384 g/mol. The van der Waals surface area contributed by atoms with Crippen molar-refractivity contribution in [1.29, 1.82) is 0 Å². The van der Waals surface area contributed by atoms with Crippen LogP contribution in [0.1, 0.15) is 16.7 Å². The van der Waals surface area contributed by atoms with E-state index >= 15 is 0 Å². The van der Waals surface area contributed by atoms with Crippen molar-refractivity contribution in [3.8, 4) is 0 Å². The van der Waals surface area contributed by atoms with Gasteiger partial charge in [-0.15, -0.1) is 5.10 Å². The van der Waals surface area contributed by atoms with E-state index in [1.54, 1.807) is 4.68 Å². The third-order valence-electron chi connectivity index (χ3n) is 4.45. The van der Waals surface area contributed by atoms with Crippen LogP contribution in [0.15, 0.2) is 59.9 Å². The number of aromatic nitrogens is 5. The summed E-state index contributed by atoms with van der Waals surface area (Å²) in [6.07, 6.45) is 1.48. The second-order valence-corrected chi connectivity index (χ2v) is 7.70. The number of nitrogens with one attached hydrogen (secondary N) is 1. The first kappa shape index (κ1) is 19.1. The first-order valence-electron chi connectivity index (χ1n) is 9.18. The second kappa shape index (κ2) is 8.40. The Bertz CT molecular complexity index is 1160. The zero-order valence-corrected chi connectivity index (χ0v) is 17.0. The maximum absolute atomic E-state index is 12.4. The lowest BCUT2D eigenvalue weighted by Gasteiger charge is -2.09. The van der Waals surface area contributed by atoms with Crippen LogP contribution >= 0.6 is 11.8 Å². The van der Waals surface area contributed by atoms with Crippen LogP contribution in [0.2, 0.25) is 0 Å². The standard InChI is InChI=1S/C21H20N6OS/c1-14-8-9-15(2)17(10-14)24-18(28)12-29-21-19-20(22-13-23-21)27(26-25-19)11-16-6-4-3-5-7-16/h3-10,13H,11-12H2,1-2H3,(H,24,28). The lowest BCUT2D eigenvalue weighted by Crippen LogP contribution is -2.15. The van der Waals surface area contributed by atoms with E-state index in [1.807, 2.05) is 62.4 Å². The summed E-state index contributed by atoms with van der Waals surface area (Å²) in [7, 11) is 0. The fourth-order valence-corrected chi connectivity index (χ4v) is 3.66. The Hall–Kier alpha value is -3.26. The quantitative estimate of drug-likeness (QED) is 0.390. The molecule has 146 valence electrons. The van der Waals surface area contributed by atoms with Crippen LogP contribution in [-0.2, 0) is 11.3 Å². The van der Waals surface area contributed by atoms with E-state index in [4.69, 9.17) is 0 Å². The molecule has 2 aromatic heterocycles. The zero-order valence-electron chi connectivity index (χ0n) is 16.2. The van der Waals surface area contributed by atoms with Gasteiger partial charge >= 0.3 is 0 Å². The molecule has 7 nitrogen and oxygen atoms in total. The molecule has 1 N–H and O–H groups in total. The van der Waals surface area contributed by atoms with E-state index in [-0.39, 0.29) is 11.7 Å². The molecule has 0 unspecified atom stereocenters. The van der Waals surface area contributed by atoms with E-state index < -0.39 is 0 Å². The minimum absolute atomic E-state index is 0.0906. The third kappa shape index (κ3) is 4.43. The first-order valence-corrected chi connectivity index (χ1v) is 10.2. The van der Waals surface area contributed by atoms with Crippen molar-refractivity contribution in [2.75, 3.05) is 11.1 Å². The lowest BCUT2D eigenvalue weighted by atomic mass is 10.1. The number of anilines is 1. The summed E-state index contributed by atoms with van der Waals surface area (Å²) in [5, 5.41) is 12.1. The molecule has 0 radical (unpaired) electrons. The van der Waals surface area contributed by atoms with Gasteiger partial charge in [-0.3, -0.25) is 4.79 Å². The SMILES string of the molecule is Cc1ccc(C)c(NC(=O)CSc2ncnc3c2nnn3Cc2ccccc2)c1. The predicted molar refractivity (Wildman–Crippen MR) is 114 cm³/mol. The number of fused-ring (bicyclic) bond motifs is 1. The summed E-state index contributed by atoms with van der Waals surface area (Å²) in [5.41, 5.74) is 5.33. The van der Waals surface area contributed by atoms with Gasteiger partial charge in [-0.1, -0.05) is 59.4 Å². The number of benzene rings is 2. The number of aryl methyl sites for hydroxylation is 2. The average molecular weight is 404 g/mol. The van der Waals surface area contributed by atoms with Gasteiger partial charge < -0.3 is 5.32 Å². The Balaban J connectivity index is 1.47. The summed E-state index contributed by atoms with van der Waals surface area (Å²) in [6, 6.07) is 16.0. The normalized spacial score (nSPS) is 11.0. The Morgan fingerprint density at radius 2 is 1.93 bits per heavy atom. The van der Waals surface area contributed by atoms with Crippen molar-refractivity contribution in [3.63, 3.8) is 0 Å². The van der Waals surface area contributed by atoms with Crippen LogP contribution in [-0.4, -0.2) is 36.6 Å². The van der Waals surface area contributed by atoms with E-state index in [2.05, 4.69) is 25.6 Å². The van der Waals surface area contributed by atoms with Crippen molar-refractivity contribution >= 4 is 34.5 Å². The van der Waals surface area contributed by atoms with E-state index in [9.17, 15) is 4.79 Å². The maximum atomic E-state index is 12.4. The molecule has 0 fully saturated rings. The van der Waals surface area contributed by atoms with Crippen LogP contribution in [0.5, 0.6) is 0 Å². The Morgan fingerprint density at radius 3 is 2.76 bits per heavy atom. The predicted octanol–water partition coefficient (Wildman–Crippen LogP) is 3.62. The molecule has 2 aromatic carbocycles. The van der Waals surface area contributed by atoms with Gasteiger partial charge in [-0.25, -0.2) is 14.6 Å². The largest absolute Gasteiger partial charge is 0.325 e. The smallest absolute Gasteiger partial charge is 0.234 e. The van der Waals surface area contributed by atoms with E-state index in [0.29, 0.717) is 22.7 Å². The molecule has 0 saturated carbocycles. The highest BCUT2D eigenvalue weighted by Gasteiger charge is 2.14. The number of thioether (sulfide) groups is 1. The fourth-order valence-electron chi connectivity index (χ4n) is 2.93. The van der Waals surface area contributed by atoms with Crippen LogP contribution < -0.4 is 5.32 Å². The highest BCUT2D eigenvalue weighted by atomic mass is 32.2. The Morgan fingerprint density at radius 1 is 1.10 bits per heavy atom. The van der Waals surface area contributed by atoms with Crippen molar-refractivity contribution in [1.82, 2.24) is 25.0 Å². The molecule has 4 rings (SSSR count). The molecule has 8 heteroatoms. The van der Waals surface area contributed by atoms with Gasteiger partial charge in [0.2, 0.25) is 5.91 Å². The summed E-state index contributed by atoms with van der Waals surface area (Å²) >= 11 is 1.33. The van der Waals surface area contributed by atoms with Crippen molar-refractivity contribution in [3.05, 3.63) is 71.5 Å². The number of hydrogen-bond acceptors (Lipinski definition) is 6. The number of rotatable bonds is 6.